The second kappa shape index (κ2) is 5.90. The molecule has 0 amide bonds. The number of benzene rings is 1. The molecule has 1 aliphatic carbocycles. The third-order valence-electron chi connectivity index (χ3n) is 4.22. The van der Waals surface area contributed by atoms with Gasteiger partial charge in [-0.3, -0.25) is 10.1 Å². The molecule has 0 spiro atoms. The van der Waals surface area contributed by atoms with Gasteiger partial charge in [-0.25, -0.2) is 0 Å². The molecule has 0 radical (unpaired) electrons. The zero-order valence-electron chi connectivity index (χ0n) is 11.1. The predicted octanol–water partition coefficient (Wildman–Crippen LogP) is 4.74. The quantitative estimate of drug-likeness (QED) is 0.628. The molecule has 0 heterocycles. The number of anilines is 1. The van der Waals surface area contributed by atoms with Crippen molar-refractivity contribution in [2.24, 2.45) is 5.41 Å². The molecule has 0 atom stereocenters. The topological polar surface area (TPSA) is 55.2 Å². The lowest BCUT2D eigenvalue weighted by atomic mass is 9.83. The average molecular weight is 327 g/mol. The lowest BCUT2D eigenvalue weighted by molar-refractivity contribution is -0.384. The van der Waals surface area contributed by atoms with Crippen molar-refractivity contribution in [3.05, 3.63) is 32.8 Å². The van der Waals surface area contributed by atoms with Crippen LogP contribution in [0.4, 0.5) is 11.4 Å². The van der Waals surface area contributed by atoms with Crippen LogP contribution >= 0.6 is 15.9 Å². The highest BCUT2D eigenvalue weighted by Crippen LogP contribution is 2.41. The Hall–Kier alpha value is -1.10. The SMILES string of the molecule is CCC1(CNc2ccc(Br)cc2[N+](=O)[O-])CCCC1. The summed E-state index contributed by atoms with van der Waals surface area (Å²) in [5, 5.41) is 14.4. The summed E-state index contributed by atoms with van der Waals surface area (Å²) in [6, 6.07) is 5.17. The maximum Gasteiger partial charge on any atom is 0.293 e. The second-order valence-corrected chi connectivity index (χ2v) is 6.25. The molecule has 0 unspecified atom stereocenters. The average Bonchev–Trinajstić information content (AvgIpc) is 2.86. The number of nitro benzene ring substituents is 1. The Morgan fingerprint density at radius 1 is 1.42 bits per heavy atom. The van der Waals surface area contributed by atoms with Gasteiger partial charge in [0.1, 0.15) is 5.69 Å². The number of nitrogens with one attached hydrogen (secondary N) is 1. The van der Waals surface area contributed by atoms with Gasteiger partial charge in [0.2, 0.25) is 0 Å². The van der Waals surface area contributed by atoms with Gasteiger partial charge in [0, 0.05) is 17.1 Å². The molecular formula is C14H19BrN2O2. The summed E-state index contributed by atoms with van der Waals surface area (Å²) in [5.41, 5.74) is 1.08. The van der Waals surface area contributed by atoms with E-state index in [-0.39, 0.29) is 10.6 Å². The lowest BCUT2D eigenvalue weighted by Crippen LogP contribution is -2.26. The summed E-state index contributed by atoms with van der Waals surface area (Å²) in [5.74, 6) is 0. The van der Waals surface area contributed by atoms with Gasteiger partial charge < -0.3 is 5.32 Å². The van der Waals surface area contributed by atoms with E-state index in [1.807, 2.05) is 6.07 Å². The van der Waals surface area contributed by atoms with Crippen LogP contribution in [-0.2, 0) is 0 Å². The van der Waals surface area contributed by atoms with Gasteiger partial charge in [0.15, 0.2) is 0 Å². The lowest BCUT2D eigenvalue weighted by Gasteiger charge is -2.28. The number of halogens is 1. The van der Waals surface area contributed by atoms with Crippen LogP contribution < -0.4 is 5.32 Å². The van der Waals surface area contributed by atoms with Crippen LogP contribution in [0.5, 0.6) is 0 Å². The van der Waals surface area contributed by atoms with Crippen molar-refractivity contribution in [2.45, 2.75) is 39.0 Å². The third kappa shape index (κ3) is 3.26. The van der Waals surface area contributed by atoms with Gasteiger partial charge in [-0.1, -0.05) is 35.7 Å². The smallest absolute Gasteiger partial charge is 0.293 e. The molecule has 2 rings (SSSR count). The van der Waals surface area contributed by atoms with Gasteiger partial charge in [0.05, 0.1) is 4.92 Å². The van der Waals surface area contributed by atoms with E-state index in [2.05, 4.69) is 28.2 Å². The molecule has 5 heteroatoms. The number of hydrogen-bond donors (Lipinski definition) is 1. The maximum atomic E-state index is 11.1. The third-order valence-corrected chi connectivity index (χ3v) is 4.72. The summed E-state index contributed by atoms with van der Waals surface area (Å²) in [7, 11) is 0. The number of nitro groups is 1. The molecule has 1 aromatic carbocycles. The molecule has 1 aliphatic rings. The molecule has 0 saturated heterocycles. The first-order valence-corrected chi connectivity index (χ1v) is 7.53. The van der Waals surface area contributed by atoms with E-state index in [0.717, 1.165) is 17.4 Å². The van der Waals surface area contributed by atoms with E-state index in [1.54, 1.807) is 12.1 Å². The first-order chi connectivity index (χ1) is 9.06. The van der Waals surface area contributed by atoms with Crippen molar-refractivity contribution in [2.75, 3.05) is 11.9 Å². The van der Waals surface area contributed by atoms with E-state index >= 15 is 0 Å². The zero-order chi connectivity index (χ0) is 13.9. The van der Waals surface area contributed by atoms with Gasteiger partial charge in [-0.15, -0.1) is 0 Å². The molecule has 1 fully saturated rings. The molecule has 0 aliphatic heterocycles. The molecule has 4 nitrogen and oxygen atoms in total. The Kier molecular flexibility index (Phi) is 4.45. The van der Waals surface area contributed by atoms with E-state index in [4.69, 9.17) is 0 Å². The van der Waals surface area contributed by atoms with E-state index in [9.17, 15) is 10.1 Å². The van der Waals surface area contributed by atoms with E-state index in [0.29, 0.717) is 11.1 Å². The highest BCUT2D eigenvalue weighted by molar-refractivity contribution is 9.10. The van der Waals surface area contributed by atoms with Gasteiger partial charge in [-0.2, -0.15) is 0 Å². The van der Waals surface area contributed by atoms with Crippen LogP contribution in [0.2, 0.25) is 0 Å². The van der Waals surface area contributed by atoms with Gasteiger partial charge in [0.25, 0.3) is 5.69 Å². The van der Waals surface area contributed by atoms with Crippen molar-refractivity contribution in [1.82, 2.24) is 0 Å². The van der Waals surface area contributed by atoms with Crippen LogP contribution in [0, 0.1) is 15.5 Å². The first-order valence-electron chi connectivity index (χ1n) is 6.74. The summed E-state index contributed by atoms with van der Waals surface area (Å²) in [4.78, 5) is 10.7. The summed E-state index contributed by atoms with van der Waals surface area (Å²) in [6.07, 6.45) is 6.13. The van der Waals surface area contributed by atoms with Crippen molar-refractivity contribution >= 4 is 27.3 Å². The fourth-order valence-corrected chi connectivity index (χ4v) is 3.22. The van der Waals surface area contributed by atoms with Crippen LogP contribution in [0.3, 0.4) is 0 Å². The Labute approximate surface area is 121 Å². The Bertz CT molecular complexity index is 471. The Balaban J connectivity index is 2.13. The van der Waals surface area contributed by atoms with Crippen molar-refractivity contribution in [3.63, 3.8) is 0 Å². The monoisotopic (exact) mass is 326 g/mol. The van der Waals surface area contributed by atoms with E-state index in [1.165, 1.54) is 25.7 Å². The maximum absolute atomic E-state index is 11.1. The summed E-state index contributed by atoms with van der Waals surface area (Å²) < 4.78 is 0.732. The highest BCUT2D eigenvalue weighted by atomic mass is 79.9. The minimum Gasteiger partial charge on any atom is -0.379 e. The molecule has 1 aromatic rings. The number of hydrogen-bond acceptors (Lipinski definition) is 3. The fraction of sp³-hybridized carbons (Fsp3) is 0.571. The molecular weight excluding hydrogens is 308 g/mol. The predicted molar refractivity (Wildman–Crippen MR) is 80.5 cm³/mol. The standard InChI is InChI=1S/C14H19BrN2O2/c1-2-14(7-3-4-8-14)10-16-12-6-5-11(15)9-13(12)17(18)19/h5-6,9,16H,2-4,7-8,10H2,1H3. The molecule has 1 N–H and O–H groups in total. The Morgan fingerprint density at radius 3 is 2.68 bits per heavy atom. The normalized spacial score (nSPS) is 17.4. The van der Waals surface area contributed by atoms with Crippen LogP contribution in [-0.4, -0.2) is 11.5 Å². The van der Waals surface area contributed by atoms with Crippen molar-refractivity contribution < 1.29 is 4.92 Å². The van der Waals surface area contributed by atoms with Crippen molar-refractivity contribution in [3.8, 4) is 0 Å². The second-order valence-electron chi connectivity index (χ2n) is 5.33. The summed E-state index contributed by atoms with van der Waals surface area (Å²) >= 11 is 3.27. The first kappa shape index (κ1) is 14.3. The van der Waals surface area contributed by atoms with Gasteiger partial charge in [-0.05, 0) is 36.8 Å². The van der Waals surface area contributed by atoms with E-state index < -0.39 is 0 Å². The molecule has 19 heavy (non-hydrogen) atoms. The fourth-order valence-electron chi connectivity index (χ4n) is 2.87. The Morgan fingerprint density at radius 2 is 2.11 bits per heavy atom. The van der Waals surface area contributed by atoms with Crippen molar-refractivity contribution in [1.29, 1.82) is 0 Å². The largest absolute Gasteiger partial charge is 0.379 e. The minimum absolute atomic E-state index is 0.138. The highest BCUT2D eigenvalue weighted by Gasteiger charge is 2.32. The van der Waals surface area contributed by atoms with Gasteiger partial charge >= 0.3 is 0 Å². The van der Waals surface area contributed by atoms with Crippen LogP contribution in [0.25, 0.3) is 0 Å². The molecule has 1 saturated carbocycles. The van der Waals surface area contributed by atoms with Crippen LogP contribution in [0.1, 0.15) is 39.0 Å². The summed E-state index contributed by atoms with van der Waals surface area (Å²) in [6.45, 7) is 3.04. The molecule has 104 valence electrons. The minimum atomic E-state index is -0.333. The number of rotatable bonds is 5. The molecule has 0 bridgehead atoms. The van der Waals surface area contributed by atoms with Crippen LogP contribution in [0.15, 0.2) is 22.7 Å². The number of nitrogens with zero attached hydrogens (tertiary/aromatic N) is 1. The molecule has 0 aromatic heterocycles. The zero-order valence-corrected chi connectivity index (χ0v) is 12.7.